The second-order valence-corrected chi connectivity index (χ2v) is 7.77. The minimum absolute atomic E-state index is 0.608. The first-order chi connectivity index (χ1) is 9.92. The van der Waals surface area contributed by atoms with Crippen molar-refractivity contribution in [3.05, 3.63) is 0 Å². The van der Waals surface area contributed by atoms with Gasteiger partial charge in [-0.1, -0.05) is 51.4 Å². The van der Waals surface area contributed by atoms with E-state index in [1.807, 2.05) is 0 Å². The van der Waals surface area contributed by atoms with Gasteiger partial charge in [0.2, 0.25) is 0 Å². The van der Waals surface area contributed by atoms with E-state index in [4.69, 9.17) is 4.74 Å². The highest BCUT2D eigenvalue weighted by atomic mass is 16.5. The quantitative estimate of drug-likeness (QED) is 0.639. The molecule has 0 aliphatic heterocycles. The van der Waals surface area contributed by atoms with Crippen LogP contribution in [0, 0.1) is 17.8 Å². The molecule has 3 fully saturated rings. The van der Waals surface area contributed by atoms with Gasteiger partial charge in [0.1, 0.15) is 0 Å². The minimum Gasteiger partial charge on any atom is -0.378 e. The largest absolute Gasteiger partial charge is 0.378 e. The summed E-state index contributed by atoms with van der Waals surface area (Å²) in [4.78, 5) is 0. The van der Waals surface area contributed by atoms with E-state index in [0.29, 0.717) is 6.10 Å². The second kappa shape index (κ2) is 7.82. The molecule has 0 spiro atoms. The summed E-state index contributed by atoms with van der Waals surface area (Å²) in [5.41, 5.74) is 0. The molecule has 0 radical (unpaired) electrons. The van der Waals surface area contributed by atoms with Gasteiger partial charge >= 0.3 is 0 Å². The van der Waals surface area contributed by atoms with E-state index in [1.165, 1.54) is 89.9 Å². The Balaban J connectivity index is 1.33. The standard InChI is InChI=1S/C19H34O/c1-3-7-16(8-4-1)15-20-19-13-11-18(12-14-19)17-9-5-2-6-10-17/h16-19H,1-15H2. The van der Waals surface area contributed by atoms with E-state index in [1.54, 1.807) is 0 Å². The number of rotatable bonds is 4. The van der Waals surface area contributed by atoms with Crippen LogP contribution in [0.5, 0.6) is 0 Å². The van der Waals surface area contributed by atoms with E-state index >= 15 is 0 Å². The van der Waals surface area contributed by atoms with Crippen molar-refractivity contribution in [2.45, 2.75) is 96.0 Å². The summed E-state index contributed by atoms with van der Waals surface area (Å²) < 4.78 is 6.26. The summed E-state index contributed by atoms with van der Waals surface area (Å²) in [5.74, 6) is 3.01. The van der Waals surface area contributed by atoms with Gasteiger partial charge in [-0.15, -0.1) is 0 Å². The molecule has 0 aromatic heterocycles. The average Bonchev–Trinajstić information content (AvgIpc) is 2.55. The van der Waals surface area contributed by atoms with Crippen LogP contribution in [0.25, 0.3) is 0 Å². The molecule has 116 valence electrons. The Bertz CT molecular complexity index is 255. The van der Waals surface area contributed by atoms with Crippen LogP contribution in [0.1, 0.15) is 89.9 Å². The molecule has 0 aromatic carbocycles. The summed E-state index contributed by atoms with van der Waals surface area (Å²) in [7, 11) is 0. The highest BCUT2D eigenvalue weighted by Gasteiger charge is 2.29. The average molecular weight is 278 g/mol. The van der Waals surface area contributed by atoms with Crippen molar-refractivity contribution in [3.8, 4) is 0 Å². The van der Waals surface area contributed by atoms with Crippen molar-refractivity contribution in [2.24, 2.45) is 17.8 Å². The van der Waals surface area contributed by atoms with Crippen LogP contribution in [-0.4, -0.2) is 12.7 Å². The molecule has 0 aromatic rings. The molecule has 0 amide bonds. The maximum atomic E-state index is 6.26. The smallest absolute Gasteiger partial charge is 0.0575 e. The van der Waals surface area contributed by atoms with Gasteiger partial charge in [0.05, 0.1) is 6.10 Å². The molecule has 0 bridgehead atoms. The van der Waals surface area contributed by atoms with Gasteiger partial charge in [0.15, 0.2) is 0 Å². The zero-order valence-corrected chi connectivity index (χ0v) is 13.3. The molecule has 3 rings (SSSR count). The Morgan fingerprint density at radius 2 is 1.10 bits per heavy atom. The fraction of sp³-hybridized carbons (Fsp3) is 1.00. The number of hydrogen-bond donors (Lipinski definition) is 0. The van der Waals surface area contributed by atoms with Crippen LogP contribution in [0.15, 0.2) is 0 Å². The molecule has 20 heavy (non-hydrogen) atoms. The first kappa shape index (κ1) is 14.9. The lowest BCUT2D eigenvalue weighted by molar-refractivity contribution is -0.0137. The monoisotopic (exact) mass is 278 g/mol. The first-order valence-corrected chi connectivity index (χ1v) is 9.53. The number of hydrogen-bond acceptors (Lipinski definition) is 1. The van der Waals surface area contributed by atoms with Crippen LogP contribution in [-0.2, 0) is 4.74 Å². The molecule has 3 aliphatic rings. The third-order valence-corrected chi connectivity index (χ3v) is 6.33. The Labute approximate surface area is 125 Å². The maximum absolute atomic E-state index is 6.26. The summed E-state index contributed by atoms with van der Waals surface area (Å²) in [6.07, 6.45) is 21.0. The van der Waals surface area contributed by atoms with E-state index in [0.717, 1.165) is 24.4 Å². The van der Waals surface area contributed by atoms with Gasteiger partial charge in [-0.2, -0.15) is 0 Å². The zero-order valence-electron chi connectivity index (χ0n) is 13.3. The fourth-order valence-electron chi connectivity index (χ4n) is 4.96. The molecule has 0 saturated heterocycles. The molecule has 3 saturated carbocycles. The lowest BCUT2D eigenvalue weighted by Gasteiger charge is -2.36. The first-order valence-electron chi connectivity index (χ1n) is 9.53. The molecule has 3 aliphatic carbocycles. The molecular formula is C19H34O. The Hall–Kier alpha value is -0.0400. The molecule has 0 atom stereocenters. The van der Waals surface area contributed by atoms with Crippen LogP contribution in [0.4, 0.5) is 0 Å². The summed E-state index contributed by atoms with van der Waals surface area (Å²) in [6.45, 7) is 1.07. The highest BCUT2D eigenvalue weighted by Crippen LogP contribution is 2.39. The summed E-state index contributed by atoms with van der Waals surface area (Å²) in [6, 6.07) is 0. The van der Waals surface area contributed by atoms with Gasteiger partial charge < -0.3 is 4.74 Å². The Morgan fingerprint density at radius 1 is 0.550 bits per heavy atom. The van der Waals surface area contributed by atoms with Crippen molar-refractivity contribution in [2.75, 3.05) is 6.61 Å². The lowest BCUT2D eigenvalue weighted by Crippen LogP contribution is -2.28. The van der Waals surface area contributed by atoms with Crippen LogP contribution in [0.3, 0.4) is 0 Å². The van der Waals surface area contributed by atoms with E-state index in [9.17, 15) is 0 Å². The topological polar surface area (TPSA) is 9.23 Å². The van der Waals surface area contributed by atoms with Gasteiger partial charge in [-0.05, 0) is 56.3 Å². The number of ether oxygens (including phenoxy) is 1. The fourth-order valence-corrected chi connectivity index (χ4v) is 4.96. The van der Waals surface area contributed by atoms with Crippen molar-refractivity contribution in [1.29, 1.82) is 0 Å². The highest BCUT2D eigenvalue weighted by molar-refractivity contribution is 4.80. The van der Waals surface area contributed by atoms with Crippen molar-refractivity contribution >= 4 is 0 Å². The SMILES string of the molecule is C1CCC(COC2CCC(C3CCCCC3)CC2)CC1. The van der Waals surface area contributed by atoms with Crippen LogP contribution in [0.2, 0.25) is 0 Å². The van der Waals surface area contributed by atoms with Gasteiger partial charge in [0, 0.05) is 6.61 Å². The van der Waals surface area contributed by atoms with Crippen LogP contribution < -0.4 is 0 Å². The normalized spacial score (nSPS) is 34.2. The van der Waals surface area contributed by atoms with E-state index in [-0.39, 0.29) is 0 Å². The Morgan fingerprint density at radius 3 is 1.75 bits per heavy atom. The summed E-state index contributed by atoms with van der Waals surface area (Å²) in [5, 5.41) is 0. The van der Waals surface area contributed by atoms with Gasteiger partial charge in [0.25, 0.3) is 0 Å². The van der Waals surface area contributed by atoms with Crippen molar-refractivity contribution in [1.82, 2.24) is 0 Å². The van der Waals surface area contributed by atoms with Gasteiger partial charge in [-0.25, -0.2) is 0 Å². The lowest BCUT2D eigenvalue weighted by atomic mass is 9.73. The molecule has 0 heterocycles. The summed E-state index contributed by atoms with van der Waals surface area (Å²) >= 11 is 0. The minimum atomic E-state index is 0.608. The third-order valence-electron chi connectivity index (χ3n) is 6.33. The molecular weight excluding hydrogens is 244 g/mol. The van der Waals surface area contributed by atoms with Gasteiger partial charge in [-0.3, -0.25) is 0 Å². The molecule has 1 nitrogen and oxygen atoms in total. The second-order valence-electron chi connectivity index (χ2n) is 7.77. The molecule has 0 unspecified atom stereocenters. The molecule has 1 heteroatoms. The third kappa shape index (κ3) is 4.23. The predicted molar refractivity (Wildman–Crippen MR) is 84.8 cm³/mol. The predicted octanol–water partition coefficient (Wildman–Crippen LogP) is 5.72. The molecule has 0 N–H and O–H groups in total. The van der Waals surface area contributed by atoms with Crippen molar-refractivity contribution < 1.29 is 4.74 Å². The maximum Gasteiger partial charge on any atom is 0.0575 e. The van der Waals surface area contributed by atoms with Crippen LogP contribution >= 0.6 is 0 Å². The Kier molecular flexibility index (Phi) is 5.82. The zero-order chi connectivity index (χ0) is 13.6. The van der Waals surface area contributed by atoms with E-state index < -0.39 is 0 Å². The van der Waals surface area contributed by atoms with E-state index in [2.05, 4.69) is 0 Å². The van der Waals surface area contributed by atoms with Crippen molar-refractivity contribution in [3.63, 3.8) is 0 Å².